The van der Waals surface area contributed by atoms with Crippen molar-refractivity contribution in [3.8, 4) is 5.75 Å². The van der Waals surface area contributed by atoms with Crippen LogP contribution in [-0.2, 0) is 6.54 Å². The van der Waals surface area contributed by atoms with Crippen LogP contribution in [0.15, 0.2) is 72.9 Å². The number of aromatic amines is 1. The monoisotopic (exact) mass is 592 g/mol. The number of phenols is 1. The van der Waals surface area contributed by atoms with Crippen molar-refractivity contribution < 1.29 is 5.11 Å². The molecule has 3 N–H and O–H groups in total. The zero-order valence-corrected chi connectivity index (χ0v) is 23.5. The van der Waals surface area contributed by atoms with Crippen molar-refractivity contribution in [1.29, 1.82) is 0 Å². The van der Waals surface area contributed by atoms with E-state index in [1.165, 1.54) is 0 Å². The van der Waals surface area contributed by atoms with Crippen LogP contribution in [0, 0.1) is 0 Å². The summed E-state index contributed by atoms with van der Waals surface area (Å²) < 4.78 is 0. The second-order valence-electron chi connectivity index (χ2n) is 8.83. The van der Waals surface area contributed by atoms with Gasteiger partial charge in [0.2, 0.25) is 5.95 Å². The first-order valence-electron chi connectivity index (χ1n) is 11.7. The predicted octanol–water partition coefficient (Wildman–Crippen LogP) is 6.80. The summed E-state index contributed by atoms with van der Waals surface area (Å²) in [5.74, 6) is 1.23. The molecule has 11 heteroatoms. The van der Waals surface area contributed by atoms with Gasteiger partial charge in [-0.15, -0.1) is 37.2 Å². The number of nitrogens with zero attached hydrogens (tertiary/aromatic N) is 4. The predicted molar refractivity (Wildman–Crippen MR) is 163 cm³/mol. The molecule has 3 heterocycles. The number of phenolic OH excluding ortho intramolecular Hbond substituents is 1. The SMILES string of the molecule is Cl.Cl.Cl.Oc1ccc(Nc2ccnc3cc(Cl)ccc23)cc1CN1CCN(c2nc3ccccc3[nH]2)CC1. The lowest BCUT2D eigenvalue weighted by molar-refractivity contribution is 0.246. The number of piperazine rings is 1. The molecule has 3 aromatic carbocycles. The van der Waals surface area contributed by atoms with E-state index >= 15 is 0 Å². The number of benzene rings is 3. The van der Waals surface area contributed by atoms with Gasteiger partial charge < -0.3 is 20.3 Å². The van der Waals surface area contributed by atoms with E-state index in [0.29, 0.717) is 17.3 Å². The molecule has 0 bridgehead atoms. The average Bonchev–Trinajstić information content (AvgIpc) is 3.31. The van der Waals surface area contributed by atoms with Crippen molar-refractivity contribution >= 4 is 88.1 Å². The quantitative estimate of drug-likeness (QED) is 0.194. The van der Waals surface area contributed by atoms with Crippen LogP contribution in [0.1, 0.15) is 5.56 Å². The topological polar surface area (TPSA) is 80.3 Å². The first-order chi connectivity index (χ1) is 17.1. The van der Waals surface area contributed by atoms with E-state index in [1.54, 1.807) is 12.3 Å². The second-order valence-corrected chi connectivity index (χ2v) is 9.27. The number of para-hydroxylation sites is 2. The van der Waals surface area contributed by atoms with Crippen molar-refractivity contribution in [2.45, 2.75) is 6.54 Å². The zero-order chi connectivity index (χ0) is 23.8. The van der Waals surface area contributed by atoms with E-state index in [-0.39, 0.29) is 37.2 Å². The summed E-state index contributed by atoms with van der Waals surface area (Å²) in [6.07, 6.45) is 1.77. The Morgan fingerprint density at radius 3 is 2.47 bits per heavy atom. The summed E-state index contributed by atoms with van der Waals surface area (Å²) in [5.41, 5.74) is 5.65. The van der Waals surface area contributed by atoms with Gasteiger partial charge in [0.15, 0.2) is 0 Å². The van der Waals surface area contributed by atoms with E-state index < -0.39 is 0 Å². The van der Waals surface area contributed by atoms with Gasteiger partial charge in [0.05, 0.1) is 16.6 Å². The Labute approximate surface area is 244 Å². The minimum Gasteiger partial charge on any atom is -0.508 e. The van der Waals surface area contributed by atoms with Crippen LogP contribution in [0.3, 0.4) is 0 Å². The number of halogens is 4. The van der Waals surface area contributed by atoms with Crippen LogP contribution in [0.4, 0.5) is 17.3 Å². The van der Waals surface area contributed by atoms with Gasteiger partial charge in [-0.3, -0.25) is 9.88 Å². The fraction of sp³-hybridized carbons (Fsp3) is 0.185. The first-order valence-corrected chi connectivity index (χ1v) is 12.1. The highest BCUT2D eigenvalue weighted by molar-refractivity contribution is 6.31. The maximum absolute atomic E-state index is 10.5. The second kappa shape index (κ2) is 12.7. The minimum absolute atomic E-state index is 0. The summed E-state index contributed by atoms with van der Waals surface area (Å²) >= 11 is 6.12. The highest BCUT2D eigenvalue weighted by atomic mass is 35.5. The molecule has 1 saturated heterocycles. The molecule has 7 nitrogen and oxygen atoms in total. The number of hydrogen-bond donors (Lipinski definition) is 3. The number of hydrogen-bond acceptors (Lipinski definition) is 6. The third-order valence-corrected chi connectivity index (χ3v) is 6.74. The number of imidazole rings is 1. The summed E-state index contributed by atoms with van der Waals surface area (Å²) in [4.78, 5) is 17.2. The highest BCUT2D eigenvalue weighted by Gasteiger charge is 2.20. The number of H-pyrrole nitrogens is 1. The standard InChI is InChI=1S/C27H25ClN6O.3ClH/c28-19-5-7-21-22(9-10-29-25(21)16-19)30-20-6-8-26(35)18(15-20)17-33-11-13-34(14-12-33)27-31-23-3-1-2-4-24(23)32-27;;;/h1-10,15-16,35H,11-14,17H2,(H,29,30)(H,31,32);3*1H. The zero-order valence-electron chi connectivity index (χ0n) is 20.3. The van der Waals surface area contributed by atoms with Gasteiger partial charge in [0.1, 0.15) is 5.75 Å². The molecule has 1 aliphatic heterocycles. The van der Waals surface area contributed by atoms with Crippen LogP contribution in [0.25, 0.3) is 21.9 Å². The Balaban J connectivity index is 0.00000133. The van der Waals surface area contributed by atoms with Gasteiger partial charge in [0, 0.05) is 66.3 Å². The smallest absolute Gasteiger partial charge is 0.203 e. The third kappa shape index (κ3) is 6.20. The molecule has 0 aliphatic carbocycles. The molecule has 5 aromatic rings. The summed E-state index contributed by atoms with van der Waals surface area (Å²) in [6.45, 7) is 4.23. The molecular formula is C27H28Cl4N6O. The van der Waals surface area contributed by atoms with E-state index in [4.69, 9.17) is 16.6 Å². The molecule has 0 atom stereocenters. The van der Waals surface area contributed by atoms with Crippen LogP contribution in [0.5, 0.6) is 5.75 Å². The molecule has 38 heavy (non-hydrogen) atoms. The van der Waals surface area contributed by atoms with E-state index in [1.807, 2.05) is 54.6 Å². The fourth-order valence-corrected chi connectivity index (χ4v) is 4.79. The number of aromatic hydroxyl groups is 1. The highest BCUT2D eigenvalue weighted by Crippen LogP contribution is 2.30. The number of rotatable bonds is 5. The van der Waals surface area contributed by atoms with Crippen LogP contribution < -0.4 is 10.2 Å². The summed E-state index contributed by atoms with van der Waals surface area (Å²) in [6, 6.07) is 21.4. The summed E-state index contributed by atoms with van der Waals surface area (Å²) in [7, 11) is 0. The van der Waals surface area contributed by atoms with Crippen LogP contribution >= 0.6 is 48.8 Å². The minimum atomic E-state index is 0. The van der Waals surface area contributed by atoms with Gasteiger partial charge in [-0.05, 0) is 54.6 Å². The Morgan fingerprint density at radius 2 is 1.68 bits per heavy atom. The number of nitrogens with one attached hydrogen (secondary N) is 2. The van der Waals surface area contributed by atoms with E-state index in [9.17, 15) is 5.11 Å². The molecule has 1 aliphatic rings. The maximum Gasteiger partial charge on any atom is 0.203 e. The Hall–Kier alpha value is -2.94. The maximum atomic E-state index is 10.5. The van der Waals surface area contributed by atoms with E-state index in [0.717, 1.165) is 71.0 Å². The van der Waals surface area contributed by atoms with Gasteiger partial charge >= 0.3 is 0 Å². The van der Waals surface area contributed by atoms with Gasteiger partial charge in [-0.2, -0.15) is 0 Å². The average molecular weight is 594 g/mol. The van der Waals surface area contributed by atoms with Crippen molar-refractivity contribution in [2.24, 2.45) is 0 Å². The van der Waals surface area contributed by atoms with Crippen LogP contribution in [0.2, 0.25) is 5.02 Å². The molecule has 0 spiro atoms. The number of fused-ring (bicyclic) bond motifs is 2. The number of pyridine rings is 1. The molecule has 1 fully saturated rings. The Bertz CT molecular complexity index is 1490. The lowest BCUT2D eigenvalue weighted by Gasteiger charge is -2.34. The first kappa shape index (κ1) is 29.6. The normalized spacial score (nSPS) is 13.4. The third-order valence-electron chi connectivity index (χ3n) is 6.51. The molecule has 6 rings (SSSR count). The molecule has 0 saturated carbocycles. The van der Waals surface area contributed by atoms with Gasteiger partial charge in [0.25, 0.3) is 0 Å². The lowest BCUT2D eigenvalue weighted by Crippen LogP contribution is -2.46. The largest absolute Gasteiger partial charge is 0.508 e. The molecule has 200 valence electrons. The Morgan fingerprint density at radius 1 is 0.895 bits per heavy atom. The fourth-order valence-electron chi connectivity index (χ4n) is 4.62. The van der Waals surface area contributed by atoms with Crippen LogP contribution in [-0.4, -0.2) is 51.1 Å². The van der Waals surface area contributed by atoms with Crippen molar-refractivity contribution in [3.63, 3.8) is 0 Å². The van der Waals surface area contributed by atoms with Crippen molar-refractivity contribution in [2.75, 3.05) is 36.4 Å². The lowest BCUT2D eigenvalue weighted by atomic mass is 10.1. The molecule has 0 unspecified atom stereocenters. The molecule has 2 aromatic heterocycles. The number of aromatic nitrogens is 3. The number of anilines is 3. The Kier molecular flexibility index (Phi) is 9.93. The summed E-state index contributed by atoms with van der Waals surface area (Å²) in [5, 5.41) is 15.7. The molecular weight excluding hydrogens is 566 g/mol. The van der Waals surface area contributed by atoms with Crippen molar-refractivity contribution in [3.05, 3.63) is 83.5 Å². The van der Waals surface area contributed by atoms with Crippen molar-refractivity contribution in [1.82, 2.24) is 19.9 Å². The van der Waals surface area contributed by atoms with E-state index in [2.05, 4.69) is 31.2 Å². The molecule has 0 amide bonds. The molecule has 0 radical (unpaired) electrons. The van der Waals surface area contributed by atoms with Gasteiger partial charge in [-0.1, -0.05) is 23.7 Å². The van der Waals surface area contributed by atoms with Gasteiger partial charge in [-0.25, -0.2) is 4.98 Å².